The predicted molar refractivity (Wildman–Crippen MR) is 69.3 cm³/mol. The summed E-state index contributed by atoms with van der Waals surface area (Å²) in [6.07, 6.45) is 2.65. The number of carboxylic acid groups (broad SMARTS) is 1. The monoisotopic (exact) mass is 253 g/mol. The quantitative estimate of drug-likeness (QED) is 0.899. The molecule has 0 fully saturated rings. The minimum absolute atomic E-state index is 0. The molecule has 1 N–H and O–H groups in total. The van der Waals surface area contributed by atoms with Crippen LogP contribution in [0, 0.1) is 0 Å². The van der Waals surface area contributed by atoms with Crippen LogP contribution in [0.2, 0.25) is 0 Å². The van der Waals surface area contributed by atoms with Gasteiger partial charge in [-0.2, -0.15) is 0 Å². The molecule has 0 unspecified atom stereocenters. The van der Waals surface area contributed by atoms with Crippen molar-refractivity contribution in [2.45, 2.75) is 13.0 Å². The largest absolute Gasteiger partial charge is 0.478 e. The van der Waals surface area contributed by atoms with E-state index in [1.807, 2.05) is 24.3 Å². The maximum absolute atomic E-state index is 10.9. The number of halogens is 1. The van der Waals surface area contributed by atoms with Gasteiger partial charge in [0, 0.05) is 25.2 Å². The van der Waals surface area contributed by atoms with Crippen molar-refractivity contribution in [2.75, 3.05) is 13.1 Å². The second-order valence-corrected chi connectivity index (χ2v) is 4.02. The molecule has 0 aliphatic carbocycles. The van der Waals surface area contributed by atoms with E-state index in [4.69, 9.17) is 5.11 Å². The fourth-order valence-electron chi connectivity index (χ4n) is 1.94. The molecule has 1 aromatic carbocycles. The van der Waals surface area contributed by atoms with Gasteiger partial charge < -0.3 is 5.11 Å². The van der Waals surface area contributed by atoms with Gasteiger partial charge >= 0.3 is 5.97 Å². The molecule has 2 rings (SSSR count). The van der Waals surface area contributed by atoms with E-state index in [9.17, 15) is 4.79 Å². The van der Waals surface area contributed by atoms with Crippen molar-refractivity contribution in [2.24, 2.45) is 0 Å². The average molecular weight is 254 g/mol. The molecule has 0 amide bonds. The first-order valence-corrected chi connectivity index (χ1v) is 5.44. The molecule has 1 aromatic rings. The van der Waals surface area contributed by atoms with Crippen LogP contribution in [-0.4, -0.2) is 29.1 Å². The molecule has 1 aliphatic rings. The number of carboxylic acids is 1. The smallest absolute Gasteiger partial charge is 0.332 e. The molecule has 1 heterocycles. The van der Waals surface area contributed by atoms with E-state index < -0.39 is 5.97 Å². The molecule has 0 radical (unpaired) electrons. The highest BCUT2D eigenvalue weighted by molar-refractivity contribution is 5.87. The number of hydrogen-bond acceptors (Lipinski definition) is 2. The third-order valence-electron chi connectivity index (χ3n) is 2.75. The van der Waals surface area contributed by atoms with Gasteiger partial charge in [0.1, 0.15) is 0 Å². The normalized spacial score (nSPS) is 15.9. The Labute approximate surface area is 107 Å². The van der Waals surface area contributed by atoms with Gasteiger partial charge in [-0.3, -0.25) is 4.90 Å². The zero-order valence-electron chi connectivity index (χ0n) is 9.50. The van der Waals surface area contributed by atoms with E-state index in [0.717, 1.165) is 19.5 Å². The first kappa shape index (κ1) is 13.7. The summed E-state index contributed by atoms with van der Waals surface area (Å²) in [5.74, 6) is -0.794. The number of hydrogen-bond donors (Lipinski definition) is 1. The van der Waals surface area contributed by atoms with Crippen LogP contribution in [0.3, 0.4) is 0 Å². The average Bonchev–Trinajstić information content (AvgIpc) is 2.30. The summed E-state index contributed by atoms with van der Waals surface area (Å²) in [7, 11) is 0. The summed E-state index contributed by atoms with van der Waals surface area (Å²) >= 11 is 0. The summed E-state index contributed by atoms with van der Waals surface area (Å²) in [4.78, 5) is 13.0. The number of benzene rings is 1. The van der Waals surface area contributed by atoms with Crippen LogP contribution in [0.4, 0.5) is 0 Å². The van der Waals surface area contributed by atoms with Crippen molar-refractivity contribution in [3.8, 4) is 0 Å². The van der Waals surface area contributed by atoms with Gasteiger partial charge in [0.05, 0.1) is 0 Å². The Bertz CT molecular complexity index is 403. The molecular formula is C13H16ClNO2. The number of carbonyl (C=O) groups is 1. The summed E-state index contributed by atoms with van der Waals surface area (Å²) in [6.45, 7) is 2.31. The lowest BCUT2D eigenvalue weighted by atomic mass is 10.1. The Morgan fingerprint density at radius 3 is 2.65 bits per heavy atom. The molecule has 1 aliphatic heterocycles. The minimum atomic E-state index is -0.794. The van der Waals surface area contributed by atoms with Gasteiger partial charge in [-0.1, -0.05) is 36.4 Å². The lowest BCUT2D eigenvalue weighted by Gasteiger charge is -2.25. The van der Waals surface area contributed by atoms with Crippen LogP contribution >= 0.6 is 12.4 Å². The van der Waals surface area contributed by atoms with Crippen molar-refractivity contribution in [1.82, 2.24) is 4.90 Å². The Morgan fingerprint density at radius 2 is 2.00 bits per heavy atom. The molecule has 0 aromatic heterocycles. The van der Waals surface area contributed by atoms with Crippen LogP contribution in [-0.2, 0) is 11.3 Å². The van der Waals surface area contributed by atoms with Crippen molar-refractivity contribution < 1.29 is 9.90 Å². The fourth-order valence-corrected chi connectivity index (χ4v) is 1.94. The molecule has 3 nitrogen and oxygen atoms in total. The molecule has 17 heavy (non-hydrogen) atoms. The van der Waals surface area contributed by atoms with E-state index in [0.29, 0.717) is 12.1 Å². The first-order chi connectivity index (χ1) is 7.75. The van der Waals surface area contributed by atoms with Crippen LogP contribution in [0.15, 0.2) is 42.0 Å². The molecular weight excluding hydrogens is 238 g/mol. The van der Waals surface area contributed by atoms with E-state index in [2.05, 4.69) is 17.0 Å². The second-order valence-electron chi connectivity index (χ2n) is 4.02. The van der Waals surface area contributed by atoms with Crippen LogP contribution in [0.25, 0.3) is 0 Å². The van der Waals surface area contributed by atoms with Gasteiger partial charge in [0.15, 0.2) is 0 Å². The maximum Gasteiger partial charge on any atom is 0.332 e. The SMILES string of the molecule is Cl.O=C(O)C1=CCCN(Cc2ccccc2)C1. The second kappa shape index (κ2) is 6.42. The zero-order valence-corrected chi connectivity index (χ0v) is 10.3. The highest BCUT2D eigenvalue weighted by atomic mass is 35.5. The van der Waals surface area contributed by atoms with Crippen LogP contribution < -0.4 is 0 Å². The highest BCUT2D eigenvalue weighted by Gasteiger charge is 2.16. The third-order valence-corrected chi connectivity index (χ3v) is 2.75. The fraction of sp³-hybridized carbons (Fsp3) is 0.308. The molecule has 0 spiro atoms. The summed E-state index contributed by atoms with van der Waals surface area (Å²) < 4.78 is 0. The van der Waals surface area contributed by atoms with Gasteiger partial charge in [-0.05, 0) is 12.0 Å². The highest BCUT2D eigenvalue weighted by Crippen LogP contribution is 2.13. The molecule has 0 atom stereocenters. The summed E-state index contributed by atoms with van der Waals surface area (Å²) in [5, 5.41) is 8.93. The van der Waals surface area contributed by atoms with Crippen LogP contribution in [0.1, 0.15) is 12.0 Å². The molecule has 0 bridgehead atoms. The summed E-state index contributed by atoms with van der Waals surface area (Å²) in [5.41, 5.74) is 1.75. The van der Waals surface area contributed by atoms with Gasteiger partial charge in [0.25, 0.3) is 0 Å². The van der Waals surface area contributed by atoms with E-state index in [-0.39, 0.29) is 12.4 Å². The Morgan fingerprint density at radius 1 is 1.29 bits per heavy atom. The maximum atomic E-state index is 10.9. The van der Waals surface area contributed by atoms with Crippen molar-refractivity contribution in [1.29, 1.82) is 0 Å². The Kier molecular flexibility index (Phi) is 5.19. The zero-order chi connectivity index (χ0) is 11.4. The van der Waals surface area contributed by atoms with Gasteiger partial charge in [-0.25, -0.2) is 4.79 Å². The minimum Gasteiger partial charge on any atom is -0.478 e. The Hall–Kier alpha value is -1.32. The van der Waals surface area contributed by atoms with Gasteiger partial charge in [0.2, 0.25) is 0 Å². The molecule has 0 saturated heterocycles. The number of rotatable bonds is 3. The number of nitrogens with zero attached hydrogens (tertiary/aromatic N) is 1. The van der Waals surface area contributed by atoms with Gasteiger partial charge in [-0.15, -0.1) is 12.4 Å². The van der Waals surface area contributed by atoms with E-state index in [1.54, 1.807) is 0 Å². The third kappa shape index (κ3) is 3.88. The van der Waals surface area contributed by atoms with E-state index >= 15 is 0 Å². The van der Waals surface area contributed by atoms with Crippen molar-refractivity contribution in [3.63, 3.8) is 0 Å². The predicted octanol–water partition coefficient (Wildman–Crippen LogP) is 2.33. The Balaban J connectivity index is 0.00000144. The number of aliphatic carboxylic acids is 1. The standard InChI is InChI=1S/C13H15NO2.ClH/c15-13(16)12-7-4-8-14(10-12)9-11-5-2-1-3-6-11;/h1-3,5-7H,4,8-10H2,(H,15,16);1H. The van der Waals surface area contributed by atoms with Crippen LogP contribution in [0.5, 0.6) is 0 Å². The topological polar surface area (TPSA) is 40.5 Å². The van der Waals surface area contributed by atoms with E-state index in [1.165, 1.54) is 5.56 Å². The van der Waals surface area contributed by atoms with Crippen molar-refractivity contribution >= 4 is 18.4 Å². The van der Waals surface area contributed by atoms with Crippen molar-refractivity contribution in [3.05, 3.63) is 47.5 Å². The molecule has 4 heteroatoms. The first-order valence-electron chi connectivity index (χ1n) is 5.44. The lowest BCUT2D eigenvalue weighted by Crippen LogP contribution is -2.31. The molecule has 92 valence electrons. The lowest BCUT2D eigenvalue weighted by molar-refractivity contribution is -0.133. The molecule has 0 saturated carbocycles. The summed E-state index contributed by atoms with van der Waals surface area (Å²) in [6, 6.07) is 10.1.